The number of rotatable bonds is 3. The topological polar surface area (TPSA) is 71.9 Å². The van der Waals surface area contributed by atoms with Crippen molar-refractivity contribution in [2.45, 2.75) is 18.9 Å². The van der Waals surface area contributed by atoms with Crippen molar-refractivity contribution in [2.75, 3.05) is 32.1 Å². The number of amidine groups is 1. The lowest BCUT2D eigenvalue weighted by Gasteiger charge is -2.44. The highest BCUT2D eigenvalue weighted by Gasteiger charge is 2.36. The van der Waals surface area contributed by atoms with Crippen LogP contribution in [-0.4, -0.2) is 53.7 Å². The van der Waals surface area contributed by atoms with Crippen molar-refractivity contribution in [3.05, 3.63) is 11.3 Å². The lowest BCUT2D eigenvalue weighted by atomic mass is 9.86. The lowest BCUT2D eigenvalue weighted by Crippen LogP contribution is -2.52. The van der Waals surface area contributed by atoms with Crippen LogP contribution in [-0.2, 0) is 4.74 Å². The number of fused-ring (bicyclic) bond motifs is 3. The summed E-state index contributed by atoms with van der Waals surface area (Å²) in [6, 6.07) is 2.45. The third-order valence-corrected chi connectivity index (χ3v) is 4.45. The summed E-state index contributed by atoms with van der Waals surface area (Å²) < 4.78 is 11.0. The summed E-state index contributed by atoms with van der Waals surface area (Å²) in [5, 5.41) is 3.09. The maximum Gasteiger partial charge on any atom is 0.305 e. The molecule has 3 aliphatic heterocycles. The van der Waals surface area contributed by atoms with Crippen LogP contribution in [0.5, 0.6) is 5.75 Å². The molecule has 4 heterocycles. The van der Waals surface area contributed by atoms with Crippen LogP contribution in [0.2, 0.25) is 5.15 Å². The van der Waals surface area contributed by atoms with E-state index in [2.05, 4.69) is 31.2 Å². The van der Waals surface area contributed by atoms with Gasteiger partial charge in [-0.05, 0) is 31.8 Å². The predicted octanol–water partition coefficient (Wildman–Crippen LogP) is 1.61. The van der Waals surface area contributed by atoms with E-state index in [9.17, 15) is 0 Å². The number of methoxy groups -OCH3 is 1. The molecule has 1 N–H and O–H groups in total. The zero-order valence-corrected chi connectivity index (χ0v) is 13.6. The van der Waals surface area contributed by atoms with Gasteiger partial charge < -0.3 is 9.47 Å². The van der Waals surface area contributed by atoms with E-state index in [1.165, 1.54) is 13.3 Å². The molecular weight excluding hydrogens is 318 g/mol. The molecule has 0 aliphatic carbocycles. The molecule has 0 amide bonds. The summed E-state index contributed by atoms with van der Waals surface area (Å²) in [6.07, 6.45) is 9.11. The second-order valence-electron chi connectivity index (χ2n) is 5.52. The molecule has 122 valence electrons. The first-order chi connectivity index (χ1) is 11.2. The Morgan fingerprint density at radius 3 is 2.87 bits per heavy atom. The second kappa shape index (κ2) is 7.02. The van der Waals surface area contributed by atoms with Crippen LogP contribution in [0, 0.1) is 18.4 Å². The van der Waals surface area contributed by atoms with Gasteiger partial charge in [-0.15, -0.1) is 4.99 Å². The molecule has 3 aliphatic rings. The van der Waals surface area contributed by atoms with E-state index in [1.54, 1.807) is 0 Å². The Morgan fingerprint density at radius 1 is 1.52 bits per heavy atom. The van der Waals surface area contributed by atoms with Crippen molar-refractivity contribution >= 4 is 23.6 Å². The highest BCUT2D eigenvalue weighted by Crippen LogP contribution is 2.29. The molecule has 3 saturated heterocycles. The van der Waals surface area contributed by atoms with Crippen LogP contribution >= 0.6 is 11.6 Å². The van der Waals surface area contributed by atoms with Gasteiger partial charge in [-0.3, -0.25) is 10.2 Å². The van der Waals surface area contributed by atoms with Crippen LogP contribution in [0.4, 0.5) is 5.95 Å². The molecule has 1 atom stereocenters. The summed E-state index contributed by atoms with van der Waals surface area (Å²) in [4.78, 5) is 14.5. The number of terminal acetylenes is 1. The van der Waals surface area contributed by atoms with Crippen molar-refractivity contribution in [3.8, 4) is 18.2 Å². The highest BCUT2D eigenvalue weighted by molar-refractivity contribution is 6.30. The number of ether oxygens (including phenoxy) is 2. The van der Waals surface area contributed by atoms with Gasteiger partial charge in [0.05, 0.1) is 13.3 Å². The third kappa shape index (κ3) is 3.66. The van der Waals surface area contributed by atoms with Crippen LogP contribution in [0.25, 0.3) is 0 Å². The fourth-order valence-electron chi connectivity index (χ4n) is 2.97. The Balaban J connectivity index is 1.69. The molecule has 3 fully saturated rings. The van der Waals surface area contributed by atoms with E-state index in [0.717, 1.165) is 32.5 Å². The first-order valence-corrected chi connectivity index (χ1v) is 7.83. The van der Waals surface area contributed by atoms with Gasteiger partial charge in [-0.1, -0.05) is 18.0 Å². The molecule has 1 aromatic heterocycles. The molecule has 7 nitrogen and oxygen atoms in total. The minimum atomic E-state index is 0.0748. The van der Waals surface area contributed by atoms with Crippen molar-refractivity contribution in [3.63, 3.8) is 0 Å². The number of nitrogens with zero attached hydrogens (tertiary/aromatic N) is 4. The van der Waals surface area contributed by atoms with Crippen molar-refractivity contribution in [2.24, 2.45) is 10.9 Å². The molecular formula is C15H18ClN5O2. The summed E-state index contributed by atoms with van der Waals surface area (Å²) in [5.74, 6) is 1.18. The van der Waals surface area contributed by atoms with Crippen LogP contribution in [0.15, 0.2) is 11.2 Å². The fraction of sp³-hybridized carbons (Fsp3) is 0.533. The summed E-state index contributed by atoms with van der Waals surface area (Å²) in [7, 11) is 1.50. The smallest absolute Gasteiger partial charge is 0.305 e. The molecule has 8 heteroatoms. The highest BCUT2D eigenvalue weighted by atomic mass is 35.5. The van der Waals surface area contributed by atoms with Crippen molar-refractivity contribution in [1.82, 2.24) is 14.9 Å². The van der Waals surface area contributed by atoms with Gasteiger partial charge in [-0.2, -0.15) is 4.98 Å². The fourth-order valence-corrected chi connectivity index (χ4v) is 3.18. The van der Waals surface area contributed by atoms with E-state index in [1.807, 2.05) is 0 Å². The molecule has 4 rings (SSSR count). The molecule has 0 spiro atoms. The normalized spacial score (nSPS) is 26.5. The maximum absolute atomic E-state index is 5.99. The van der Waals surface area contributed by atoms with Crippen molar-refractivity contribution < 1.29 is 9.47 Å². The molecule has 1 aromatic rings. The van der Waals surface area contributed by atoms with E-state index < -0.39 is 0 Å². The Morgan fingerprint density at radius 2 is 2.30 bits per heavy atom. The maximum atomic E-state index is 5.99. The van der Waals surface area contributed by atoms with Crippen LogP contribution < -0.4 is 10.1 Å². The molecule has 0 radical (unpaired) electrons. The summed E-state index contributed by atoms with van der Waals surface area (Å²) in [5.41, 5.74) is 0. The Hall–Kier alpha value is -2.04. The van der Waals surface area contributed by atoms with E-state index in [4.69, 9.17) is 27.5 Å². The molecule has 2 bridgehead atoms. The Labute approximate surface area is 140 Å². The zero-order chi connectivity index (χ0) is 16.2. The van der Waals surface area contributed by atoms with Crippen molar-refractivity contribution in [1.29, 1.82) is 0 Å². The van der Waals surface area contributed by atoms with E-state index in [0.29, 0.717) is 11.7 Å². The molecule has 0 aromatic carbocycles. The SMILES string of the molecule is C#CN=C(Nc1ncc(OC)c(Cl)n1)OC1CN2CCC1CC2. The third-order valence-electron chi connectivity index (χ3n) is 4.18. The number of halogens is 1. The Kier molecular flexibility index (Phi) is 4.84. The summed E-state index contributed by atoms with van der Waals surface area (Å²) in [6.45, 7) is 3.16. The average Bonchev–Trinajstić information content (AvgIpc) is 2.56. The first-order valence-electron chi connectivity index (χ1n) is 7.45. The number of aromatic nitrogens is 2. The quantitative estimate of drug-likeness (QED) is 0.391. The largest absolute Gasteiger partial charge is 0.492 e. The number of piperidine rings is 3. The molecule has 23 heavy (non-hydrogen) atoms. The first kappa shape index (κ1) is 15.8. The lowest BCUT2D eigenvalue weighted by molar-refractivity contribution is -0.0145. The predicted molar refractivity (Wildman–Crippen MR) is 87.5 cm³/mol. The monoisotopic (exact) mass is 335 g/mol. The Bertz CT molecular complexity index is 637. The van der Waals surface area contributed by atoms with Gasteiger partial charge in [-0.25, -0.2) is 4.98 Å². The van der Waals surface area contributed by atoms with E-state index in [-0.39, 0.29) is 23.2 Å². The average molecular weight is 336 g/mol. The summed E-state index contributed by atoms with van der Waals surface area (Å²) >= 11 is 5.99. The van der Waals surface area contributed by atoms with Gasteiger partial charge in [0.2, 0.25) is 5.95 Å². The number of anilines is 1. The number of aliphatic imine (C=N–C) groups is 1. The van der Waals surface area contributed by atoms with Crippen LogP contribution in [0.1, 0.15) is 12.8 Å². The number of nitrogens with one attached hydrogen (secondary N) is 1. The number of hydrogen-bond acceptors (Lipinski definition) is 6. The van der Waals surface area contributed by atoms with Crippen LogP contribution in [0.3, 0.4) is 0 Å². The van der Waals surface area contributed by atoms with E-state index >= 15 is 0 Å². The van der Waals surface area contributed by atoms with Gasteiger partial charge in [0.15, 0.2) is 10.9 Å². The zero-order valence-electron chi connectivity index (χ0n) is 12.8. The molecule has 1 unspecified atom stereocenters. The minimum absolute atomic E-state index is 0.0748. The van der Waals surface area contributed by atoms with Gasteiger partial charge in [0.1, 0.15) is 6.10 Å². The molecule has 0 saturated carbocycles. The van der Waals surface area contributed by atoms with Gasteiger partial charge in [0.25, 0.3) is 0 Å². The standard InChI is InChI=1S/C15H18ClN5O2/c1-3-17-15(20-14-18-8-11(22-2)13(16)19-14)23-12-9-21-6-4-10(12)5-7-21/h1,8,10,12H,4-7,9H2,2H3,(H,17,18,19,20). The number of hydrogen-bond donors (Lipinski definition) is 1. The van der Waals surface area contributed by atoms with Gasteiger partial charge >= 0.3 is 6.02 Å². The minimum Gasteiger partial charge on any atom is -0.492 e. The second-order valence-corrected chi connectivity index (χ2v) is 5.88. The van der Waals surface area contributed by atoms with Gasteiger partial charge in [0, 0.05) is 12.6 Å².